The Balaban J connectivity index is 1.58. The second-order valence-electron chi connectivity index (χ2n) is 7.76. The third-order valence-corrected chi connectivity index (χ3v) is 5.45. The highest BCUT2D eigenvalue weighted by atomic mass is 16.5. The number of hydrogen-bond acceptors (Lipinski definition) is 5. The van der Waals surface area contributed by atoms with Crippen LogP contribution in [0.3, 0.4) is 0 Å². The molecule has 0 radical (unpaired) electrons. The maximum atomic E-state index is 11.7. The molecule has 0 spiro atoms. The van der Waals surface area contributed by atoms with Crippen LogP contribution in [0.25, 0.3) is 0 Å². The van der Waals surface area contributed by atoms with Crippen LogP contribution in [0.4, 0.5) is 0 Å². The van der Waals surface area contributed by atoms with Crippen LogP contribution in [0, 0.1) is 5.92 Å². The first-order valence-electron chi connectivity index (χ1n) is 10.4. The third kappa shape index (κ3) is 6.30. The molecule has 2 fully saturated rings. The second-order valence-corrected chi connectivity index (χ2v) is 7.76. The van der Waals surface area contributed by atoms with E-state index in [1.807, 2.05) is 19.1 Å². The highest BCUT2D eigenvalue weighted by molar-refractivity contribution is 5.69. The van der Waals surface area contributed by atoms with E-state index in [4.69, 9.17) is 9.47 Å². The van der Waals surface area contributed by atoms with Crippen molar-refractivity contribution < 1.29 is 19.4 Å². The molecule has 1 aliphatic heterocycles. The lowest BCUT2D eigenvalue weighted by Crippen LogP contribution is -2.33. The monoisotopic (exact) mass is 375 g/mol. The van der Waals surface area contributed by atoms with E-state index >= 15 is 0 Å². The Morgan fingerprint density at radius 3 is 2.70 bits per heavy atom. The predicted molar refractivity (Wildman–Crippen MR) is 104 cm³/mol. The van der Waals surface area contributed by atoms with Crippen LogP contribution in [0.15, 0.2) is 24.3 Å². The van der Waals surface area contributed by atoms with E-state index in [9.17, 15) is 9.90 Å². The van der Waals surface area contributed by atoms with Gasteiger partial charge in [-0.3, -0.25) is 4.79 Å². The summed E-state index contributed by atoms with van der Waals surface area (Å²) in [6, 6.07) is 8.23. The van der Waals surface area contributed by atoms with Crippen LogP contribution in [0.1, 0.15) is 56.3 Å². The van der Waals surface area contributed by atoms with Crippen molar-refractivity contribution in [1.82, 2.24) is 4.90 Å². The van der Waals surface area contributed by atoms with Gasteiger partial charge >= 0.3 is 5.97 Å². The second kappa shape index (κ2) is 10.2. The van der Waals surface area contributed by atoms with Crippen LogP contribution < -0.4 is 0 Å². The van der Waals surface area contributed by atoms with Crippen molar-refractivity contribution in [2.75, 3.05) is 32.8 Å². The molecule has 0 aromatic heterocycles. The number of ether oxygens (including phenoxy) is 2. The largest absolute Gasteiger partial charge is 0.466 e. The van der Waals surface area contributed by atoms with Gasteiger partial charge in [0.05, 0.1) is 25.4 Å². The van der Waals surface area contributed by atoms with Gasteiger partial charge in [0.15, 0.2) is 0 Å². The first-order valence-corrected chi connectivity index (χ1v) is 10.4. The zero-order valence-corrected chi connectivity index (χ0v) is 16.4. The Bertz CT molecular complexity index is 596. The van der Waals surface area contributed by atoms with E-state index in [0.29, 0.717) is 38.5 Å². The van der Waals surface area contributed by atoms with Gasteiger partial charge in [-0.05, 0) is 69.2 Å². The number of aliphatic hydroxyl groups is 1. The van der Waals surface area contributed by atoms with Gasteiger partial charge in [0.2, 0.25) is 0 Å². The molecule has 0 bridgehead atoms. The number of aliphatic hydroxyl groups excluding tert-OH is 1. The average Bonchev–Trinajstić information content (AvgIpc) is 3.37. The lowest BCUT2D eigenvalue weighted by molar-refractivity contribution is -0.143. The maximum Gasteiger partial charge on any atom is 0.306 e. The number of hydrogen-bond donors (Lipinski definition) is 1. The topological polar surface area (TPSA) is 59.0 Å². The lowest BCUT2D eigenvalue weighted by atomic mass is 9.96. The molecule has 0 amide bonds. The van der Waals surface area contributed by atoms with Crippen molar-refractivity contribution in [2.24, 2.45) is 5.92 Å². The summed E-state index contributed by atoms with van der Waals surface area (Å²) < 4.78 is 11.3. The number of carbonyl (C=O) groups excluding carboxylic acids is 1. The number of esters is 1. The van der Waals surface area contributed by atoms with Crippen molar-refractivity contribution in [1.29, 1.82) is 0 Å². The number of aryl methyl sites for hydroxylation is 1. The molecule has 3 rings (SSSR count). The highest BCUT2D eigenvalue weighted by Crippen LogP contribution is 2.44. The fraction of sp³-hybridized carbons (Fsp3) is 0.682. The first kappa shape index (κ1) is 20.3. The average molecular weight is 376 g/mol. The quantitative estimate of drug-likeness (QED) is 0.602. The van der Waals surface area contributed by atoms with Gasteiger partial charge in [-0.1, -0.05) is 24.3 Å². The van der Waals surface area contributed by atoms with Gasteiger partial charge in [-0.25, -0.2) is 0 Å². The molecule has 5 nitrogen and oxygen atoms in total. The van der Waals surface area contributed by atoms with Crippen LogP contribution in [0.5, 0.6) is 0 Å². The van der Waals surface area contributed by atoms with Gasteiger partial charge in [0, 0.05) is 13.0 Å². The molecular formula is C22H33NO4. The van der Waals surface area contributed by atoms with Gasteiger partial charge < -0.3 is 19.5 Å². The van der Waals surface area contributed by atoms with E-state index in [2.05, 4.69) is 17.0 Å². The number of β-amino-alcohol motifs (C(OH)–C–C–N with tert-alkyl or cyclic N) is 1. The zero-order chi connectivity index (χ0) is 19.1. The molecule has 2 atom stereocenters. The minimum Gasteiger partial charge on any atom is -0.466 e. The van der Waals surface area contributed by atoms with Crippen molar-refractivity contribution in [3.63, 3.8) is 0 Å². The predicted octanol–water partition coefficient (Wildman–Crippen LogP) is 3.11. The number of benzene rings is 1. The number of likely N-dealkylation sites (tertiary alicyclic amines) is 1. The molecule has 2 aliphatic rings. The molecule has 150 valence electrons. The lowest BCUT2D eigenvalue weighted by Gasteiger charge is -2.24. The molecule has 1 aromatic carbocycles. The summed E-state index contributed by atoms with van der Waals surface area (Å²) in [7, 11) is 0. The van der Waals surface area contributed by atoms with E-state index in [0.717, 1.165) is 24.2 Å². The van der Waals surface area contributed by atoms with Crippen molar-refractivity contribution in [3.05, 3.63) is 35.4 Å². The van der Waals surface area contributed by atoms with Crippen LogP contribution in [-0.4, -0.2) is 54.9 Å². The smallest absolute Gasteiger partial charge is 0.306 e. The minimum absolute atomic E-state index is 0.0108. The van der Waals surface area contributed by atoms with Gasteiger partial charge in [0.25, 0.3) is 0 Å². The number of rotatable bonds is 11. The Morgan fingerprint density at radius 2 is 2.00 bits per heavy atom. The van der Waals surface area contributed by atoms with E-state index < -0.39 is 6.10 Å². The first-order chi connectivity index (χ1) is 13.2. The Morgan fingerprint density at radius 1 is 1.26 bits per heavy atom. The number of nitrogens with zero attached hydrogens (tertiary/aromatic N) is 1. The molecule has 1 saturated carbocycles. The Labute approximate surface area is 162 Å². The maximum absolute atomic E-state index is 11.7. The molecule has 1 N–H and O–H groups in total. The Hall–Kier alpha value is -1.43. The van der Waals surface area contributed by atoms with Gasteiger partial charge in [0.1, 0.15) is 0 Å². The van der Waals surface area contributed by atoms with E-state index in [1.165, 1.54) is 25.7 Å². The van der Waals surface area contributed by atoms with Crippen LogP contribution >= 0.6 is 0 Å². The standard InChI is InChI=1S/C22H33NO4/c1-2-26-21(25)12-11-17-7-3-4-8-20(17)22(18-9-10-18)27-16-19(24)15-23-13-5-6-14-23/h3-4,7-8,18-19,22,24H,2,5-6,9-16H2,1H3/t19-,22-/m1/s1. The normalized spacial score (nSPS) is 19.8. The molecule has 27 heavy (non-hydrogen) atoms. The van der Waals surface area contributed by atoms with Crippen molar-refractivity contribution >= 4 is 5.97 Å². The van der Waals surface area contributed by atoms with Crippen molar-refractivity contribution in [3.8, 4) is 0 Å². The highest BCUT2D eigenvalue weighted by Gasteiger charge is 2.34. The third-order valence-electron chi connectivity index (χ3n) is 5.45. The SMILES string of the molecule is CCOC(=O)CCc1ccccc1[C@H](OC[C@H](O)CN1CCCC1)C1CC1. The van der Waals surface area contributed by atoms with Crippen molar-refractivity contribution in [2.45, 2.75) is 57.7 Å². The number of carbonyl (C=O) groups is 1. The summed E-state index contributed by atoms with van der Waals surface area (Å²) in [5.74, 6) is 0.366. The minimum atomic E-state index is -0.448. The molecule has 1 aliphatic carbocycles. The Kier molecular flexibility index (Phi) is 7.68. The molecule has 0 unspecified atom stereocenters. The zero-order valence-electron chi connectivity index (χ0n) is 16.4. The van der Waals surface area contributed by atoms with Crippen LogP contribution in [0.2, 0.25) is 0 Å². The summed E-state index contributed by atoms with van der Waals surface area (Å²) >= 11 is 0. The molecular weight excluding hydrogens is 342 g/mol. The molecule has 1 aromatic rings. The molecule has 1 saturated heterocycles. The fourth-order valence-corrected chi connectivity index (χ4v) is 3.92. The summed E-state index contributed by atoms with van der Waals surface area (Å²) in [5.41, 5.74) is 2.31. The molecule has 5 heteroatoms. The van der Waals surface area contributed by atoms with Gasteiger partial charge in [-0.15, -0.1) is 0 Å². The van der Waals surface area contributed by atoms with E-state index in [1.54, 1.807) is 0 Å². The summed E-state index contributed by atoms with van der Waals surface area (Å²) in [6.45, 7) is 5.48. The molecule has 1 heterocycles. The summed E-state index contributed by atoms with van der Waals surface area (Å²) in [5, 5.41) is 10.4. The van der Waals surface area contributed by atoms with Gasteiger partial charge in [-0.2, -0.15) is 0 Å². The summed E-state index contributed by atoms with van der Waals surface area (Å²) in [6.07, 6.45) is 5.40. The van der Waals surface area contributed by atoms with E-state index in [-0.39, 0.29) is 12.1 Å². The van der Waals surface area contributed by atoms with Crippen LogP contribution in [-0.2, 0) is 20.7 Å². The summed E-state index contributed by atoms with van der Waals surface area (Å²) in [4.78, 5) is 14.0. The fourth-order valence-electron chi connectivity index (χ4n) is 3.92.